The van der Waals surface area contributed by atoms with E-state index >= 15 is 0 Å². The van der Waals surface area contributed by atoms with Gasteiger partial charge in [-0.3, -0.25) is 10.2 Å². The summed E-state index contributed by atoms with van der Waals surface area (Å²) < 4.78 is 5.16. The van der Waals surface area contributed by atoms with Gasteiger partial charge in [0.1, 0.15) is 6.26 Å². The maximum absolute atomic E-state index is 8.94. The molecule has 0 aliphatic heterocycles. The third kappa shape index (κ3) is 4.96. The van der Waals surface area contributed by atoms with Gasteiger partial charge in [-0.2, -0.15) is 0 Å². The molecule has 6 nitrogen and oxygen atoms in total. The number of nitrogens with zero attached hydrogens (tertiary/aromatic N) is 1. The van der Waals surface area contributed by atoms with Gasteiger partial charge in [-0.15, -0.1) is 0 Å². The lowest BCUT2D eigenvalue weighted by Gasteiger charge is -2.08. The van der Waals surface area contributed by atoms with Crippen molar-refractivity contribution in [1.82, 2.24) is 10.4 Å². The maximum atomic E-state index is 8.94. The number of hydrazine groups is 1. The van der Waals surface area contributed by atoms with E-state index in [9.17, 15) is 0 Å². The molecule has 6 heteroatoms. The topological polar surface area (TPSA) is 93.2 Å². The van der Waals surface area contributed by atoms with Crippen molar-refractivity contribution >= 4 is 30.3 Å². The average molecular weight is 286 g/mol. The zero-order valence-corrected chi connectivity index (χ0v) is 11.7. The number of hydrogen-bond donors (Lipinski definition) is 3. The fourth-order valence-corrected chi connectivity index (χ4v) is 1.64. The van der Waals surface area contributed by atoms with Crippen molar-refractivity contribution in [1.29, 1.82) is 0 Å². The van der Waals surface area contributed by atoms with Crippen LogP contribution < -0.4 is 16.6 Å². The summed E-state index contributed by atoms with van der Waals surface area (Å²) in [7, 11) is 1.89. The first-order valence-electron chi connectivity index (χ1n) is 6.17. The first-order chi connectivity index (χ1) is 10.3. The van der Waals surface area contributed by atoms with E-state index in [-0.39, 0.29) is 0 Å². The van der Waals surface area contributed by atoms with Gasteiger partial charge in [0.15, 0.2) is 0 Å². The van der Waals surface area contributed by atoms with E-state index in [1.807, 2.05) is 43.5 Å². The highest BCUT2D eigenvalue weighted by Crippen LogP contribution is 2.23. The number of anilines is 1. The number of benzene rings is 1. The predicted molar refractivity (Wildman–Crippen MR) is 84.9 cm³/mol. The second-order valence-electron chi connectivity index (χ2n) is 3.75. The number of carbonyl (C=O) groups excluding carboxylic acids is 1. The molecule has 21 heavy (non-hydrogen) atoms. The highest BCUT2D eigenvalue weighted by atomic mass is 16.3. The number of hydrogen-bond acceptors (Lipinski definition) is 5. The summed E-state index contributed by atoms with van der Waals surface area (Å²) in [5.41, 5.74) is 4.94. The van der Waals surface area contributed by atoms with Gasteiger partial charge in [0.05, 0.1) is 6.20 Å². The first-order valence-corrected chi connectivity index (χ1v) is 6.17. The molecule has 1 amide bonds. The Labute approximate surface area is 123 Å². The molecule has 0 saturated heterocycles. The van der Waals surface area contributed by atoms with Crippen LogP contribution in [-0.4, -0.2) is 18.4 Å². The number of amides is 1. The van der Waals surface area contributed by atoms with E-state index < -0.39 is 0 Å². The molecule has 0 atom stereocenters. The van der Waals surface area contributed by atoms with E-state index in [0.29, 0.717) is 12.3 Å². The van der Waals surface area contributed by atoms with Crippen LogP contribution in [0.1, 0.15) is 17.0 Å². The van der Waals surface area contributed by atoms with Crippen LogP contribution in [0.5, 0.6) is 0 Å². The van der Waals surface area contributed by atoms with Gasteiger partial charge in [-0.05, 0) is 17.7 Å². The molecule has 0 radical (unpaired) electrons. The monoisotopic (exact) mass is 286 g/mol. The van der Waals surface area contributed by atoms with Crippen LogP contribution in [0.15, 0.2) is 41.7 Å². The van der Waals surface area contributed by atoms with Gasteiger partial charge in [-0.1, -0.05) is 24.8 Å². The summed E-state index contributed by atoms with van der Waals surface area (Å²) >= 11 is 0. The lowest BCUT2D eigenvalue weighted by molar-refractivity contribution is -0.109. The fourth-order valence-electron chi connectivity index (χ4n) is 1.64. The van der Waals surface area contributed by atoms with E-state index in [0.717, 1.165) is 16.8 Å². The molecular weight excluding hydrogens is 268 g/mol. The maximum Gasteiger partial charge on any atom is 0.221 e. The average Bonchev–Trinajstić information content (AvgIpc) is 3.06. The zero-order chi connectivity index (χ0) is 15.5. The van der Waals surface area contributed by atoms with Crippen LogP contribution in [0.3, 0.4) is 0 Å². The molecule has 0 aliphatic carbocycles. The standard InChI is InChI=1S/C14H14N2O.CH4N2O/c1-3-11-5-4-6-13(15-2)12(11)7-8-14-16-9-10-17-14;2-3-1-4/h3-10,15H,1H2,2H3;1H,2H2,(H,3,4)/b8-7+;. The van der Waals surface area contributed by atoms with Crippen LogP contribution >= 0.6 is 0 Å². The summed E-state index contributed by atoms with van der Waals surface area (Å²) in [6.07, 6.45) is 9.21. The molecule has 4 N–H and O–H groups in total. The Morgan fingerprint density at radius 3 is 2.67 bits per heavy atom. The fraction of sp³-hybridized carbons (Fsp3) is 0.0667. The minimum absolute atomic E-state index is 0.403. The molecule has 0 bridgehead atoms. The smallest absolute Gasteiger partial charge is 0.221 e. The Bertz CT molecular complexity index is 592. The van der Waals surface area contributed by atoms with Crippen molar-refractivity contribution in [2.75, 3.05) is 12.4 Å². The Morgan fingerprint density at radius 1 is 1.38 bits per heavy atom. The summed E-state index contributed by atoms with van der Waals surface area (Å²) in [5.74, 6) is 5.00. The van der Waals surface area contributed by atoms with Gasteiger partial charge in [-0.25, -0.2) is 10.8 Å². The van der Waals surface area contributed by atoms with Crippen molar-refractivity contribution < 1.29 is 9.21 Å². The molecule has 1 aromatic carbocycles. The highest BCUT2D eigenvalue weighted by Gasteiger charge is 2.01. The Hall–Kier alpha value is -2.86. The first kappa shape index (κ1) is 16.2. The molecule has 0 fully saturated rings. The molecule has 2 rings (SSSR count). The lowest BCUT2D eigenvalue weighted by atomic mass is 10.0. The van der Waals surface area contributed by atoms with Crippen molar-refractivity contribution in [2.24, 2.45) is 5.84 Å². The molecule has 110 valence electrons. The molecular formula is C15H18N4O2. The van der Waals surface area contributed by atoms with Crippen LogP contribution in [0, 0.1) is 0 Å². The normalized spacial score (nSPS) is 9.62. The number of rotatable bonds is 5. The molecule has 0 saturated carbocycles. The van der Waals surface area contributed by atoms with Crippen LogP contribution in [0.25, 0.3) is 18.2 Å². The van der Waals surface area contributed by atoms with E-state index in [1.54, 1.807) is 17.9 Å². The summed E-state index contributed by atoms with van der Waals surface area (Å²) in [5, 5.41) is 3.15. The number of nitrogens with two attached hydrogens (primary N) is 1. The van der Waals surface area contributed by atoms with Crippen molar-refractivity contribution in [3.05, 3.63) is 54.3 Å². The SMILES string of the molecule is C=Cc1cccc(NC)c1/C=C/c1ncco1.NNC=O. The molecule has 1 aromatic heterocycles. The summed E-state index contributed by atoms with van der Waals surface area (Å²) in [4.78, 5) is 13.0. The van der Waals surface area contributed by atoms with E-state index in [1.165, 1.54) is 0 Å². The quantitative estimate of drug-likeness (QED) is 0.339. The predicted octanol–water partition coefficient (Wildman–Crippen LogP) is 2.14. The zero-order valence-electron chi connectivity index (χ0n) is 11.7. The minimum atomic E-state index is 0.403. The van der Waals surface area contributed by atoms with Gasteiger partial charge in [0, 0.05) is 24.4 Å². The Morgan fingerprint density at radius 2 is 2.14 bits per heavy atom. The van der Waals surface area contributed by atoms with Gasteiger partial charge in [0.2, 0.25) is 12.3 Å². The minimum Gasteiger partial charge on any atom is -0.445 e. The van der Waals surface area contributed by atoms with Gasteiger partial charge in [0.25, 0.3) is 0 Å². The second-order valence-corrected chi connectivity index (χ2v) is 3.75. The van der Waals surface area contributed by atoms with E-state index in [4.69, 9.17) is 9.21 Å². The van der Waals surface area contributed by atoms with Crippen LogP contribution in [0.4, 0.5) is 5.69 Å². The summed E-state index contributed by atoms with van der Waals surface area (Å²) in [6, 6.07) is 6.02. The van der Waals surface area contributed by atoms with Crippen molar-refractivity contribution in [3.63, 3.8) is 0 Å². The summed E-state index contributed by atoms with van der Waals surface area (Å²) in [6.45, 7) is 3.81. The Kier molecular flexibility index (Phi) is 7.02. The molecule has 1 heterocycles. The van der Waals surface area contributed by atoms with Gasteiger partial charge < -0.3 is 9.73 Å². The van der Waals surface area contributed by atoms with E-state index in [2.05, 4.69) is 22.7 Å². The third-order valence-electron chi connectivity index (χ3n) is 2.54. The molecule has 0 unspecified atom stereocenters. The number of aromatic nitrogens is 1. The lowest BCUT2D eigenvalue weighted by Crippen LogP contribution is -2.18. The molecule has 0 aliphatic rings. The molecule has 2 aromatic rings. The van der Waals surface area contributed by atoms with Crippen LogP contribution in [0.2, 0.25) is 0 Å². The van der Waals surface area contributed by atoms with Crippen molar-refractivity contribution in [2.45, 2.75) is 0 Å². The van der Waals surface area contributed by atoms with Gasteiger partial charge >= 0.3 is 0 Å². The number of carbonyl (C=O) groups is 1. The van der Waals surface area contributed by atoms with Crippen LogP contribution in [-0.2, 0) is 4.79 Å². The van der Waals surface area contributed by atoms with Crippen molar-refractivity contribution in [3.8, 4) is 0 Å². The third-order valence-corrected chi connectivity index (χ3v) is 2.54. The second kappa shape index (κ2) is 9.11. The largest absolute Gasteiger partial charge is 0.445 e. The number of oxazole rings is 1. The highest BCUT2D eigenvalue weighted by molar-refractivity contribution is 5.80. The Balaban J connectivity index is 0.000000491. The molecule has 0 spiro atoms. The number of nitrogens with one attached hydrogen (secondary N) is 2.